The summed E-state index contributed by atoms with van der Waals surface area (Å²) in [5.74, 6) is -0.582. The van der Waals surface area contributed by atoms with E-state index in [1.54, 1.807) is 0 Å². The fraction of sp³-hybridized carbons (Fsp3) is 0.182. The first-order chi connectivity index (χ1) is 7.57. The Kier molecular flexibility index (Phi) is 3.77. The molecule has 0 fully saturated rings. The summed E-state index contributed by atoms with van der Waals surface area (Å²) in [4.78, 5) is 21.6. The fourth-order valence-corrected chi connectivity index (χ4v) is 1.25. The number of nitrogens with zero attached hydrogens (tertiary/aromatic N) is 1. The van der Waals surface area contributed by atoms with E-state index in [1.807, 2.05) is 0 Å². The first-order valence-electron chi connectivity index (χ1n) is 4.60. The van der Waals surface area contributed by atoms with Crippen LogP contribution in [0.1, 0.15) is 15.9 Å². The maximum Gasteiger partial charge on any atom is 0.338 e. The predicted molar refractivity (Wildman–Crippen MR) is 58.3 cm³/mol. The van der Waals surface area contributed by atoms with Gasteiger partial charge in [0.05, 0.1) is 10.5 Å². The molecule has 0 unspecified atom stereocenters. The van der Waals surface area contributed by atoms with Gasteiger partial charge in [0.15, 0.2) is 0 Å². The Hall–Kier alpha value is -2.17. The van der Waals surface area contributed by atoms with Crippen LogP contribution in [-0.2, 0) is 4.74 Å². The Morgan fingerprint density at radius 1 is 1.62 bits per heavy atom. The zero-order chi connectivity index (χ0) is 12.1. The van der Waals surface area contributed by atoms with Crippen molar-refractivity contribution in [1.82, 2.24) is 0 Å². The third-order valence-corrected chi connectivity index (χ3v) is 2.05. The first-order valence-corrected chi connectivity index (χ1v) is 4.60. The number of carbonyl (C=O) groups excluding carboxylic acids is 1. The molecule has 5 nitrogen and oxygen atoms in total. The van der Waals surface area contributed by atoms with Crippen molar-refractivity contribution in [2.24, 2.45) is 0 Å². The second kappa shape index (κ2) is 5.06. The van der Waals surface area contributed by atoms with Crippen LogP contribution in [0.25, 0.3) is 0 Å². The summed E-state index contributed by atoms with van der Waals surface area (Å²) in [5, 5.41) is 10.6. The highest BCUT2D eigenvalue weighted by atomic mass is 16.6. The molecule has 0 spiro atoms. The molecule has 0 aliphatic carbocycles. The van der Waals surface area contributed by atoms with Crippen LogP contribution in [0.5, 0.6) is 0 Å². The van der Waals surface area contributed by atoms with Crippen molar-refractivity contribution in [3.63, 3.8) is 0 Å². The van der Waals surface area contributed by atoms with Crippen molar-refractivity contribution in [2.75, 3.05) is 6.61 Å². The molecule has 0 radical (unpaired) electrons. The molecule has 0 N–H and O–H groups in total. The summed E-state index contributed by atoms with van der Waals surface area (Å²) in [6.07, 6.45) is 1.44. The first kappa shape index (κ1) is 11.9. The molecule has 0 aliphatic rings. The van der Waals surface area contributed by atoms with Crippen LogP contribution in [0, 0.1) is 17.0 Å². The molecule has 5 heteroatoms. The van der Waals surface area contributed by atoms with E-state index in [2.05, 4.69) is 6.58 Å². The van der Waals surface area contributed by atoms with E-state index in [-0.39, 0.29) is 17.9 Å². The Morgan fingerprint density at radius 3 is 2.88 bits per heavy atom. The summed E-state index contributed by atoms with van der Waals surface area (Å²) >= 11 is 0. The highest BCUT2D eigenvalue weighted by Crippen LogP contribution is 2.21. The monoisotopic (exact) mass is 221 g/mol. The second-order valence-corrected chi connectivity index (χ2v) is 3.09. The molecule has 1 aromatic rings. The predicted octanol–water partition coefficient (Wildman–Crippen LogP) is 2.25. The van der Waals surface area contributed by atoms with Gasteiger partial charge >= 0.3 is 5.97 Å². The number of benzene rings is 1. The number of nitro benzene ring substituents is 1. The zero-order valence-corrected chi connectivity index (χ0v) is 8.80. The molecule has 0 saturated heterocycles. The summed E-state index contributed by atoms with van der Waals surface area (Å²) in [6.45, 7) is 5.01. The summed E-state index contributed by atoms with van der Waals surface area (Å²) in [5.41, 5.74) is 0.422. The molecule has 1 rings (SSSR count). The number of nitro groups is 1. The Balaban J connectivity index is 3.05. The lowest BCUT2D eigenvalue weighted by atomic mass is 10.1. The average molecular weight is 221 g/mol. The molecular formula is C11H11NO4. The highest BCUT2D eigenvalue weighted by Gasteiger charge is 2.18. The van der Waals surface area contributed by atoms with Gasteiger partial charge in [0.1, 0.15) is 6.61 Å². The summed E-state index contributed by atoms with van der Waals surface area (Å²) < 4.78 is 4.81. The highest BCUT2D eigenvalue weighted by molar-refractivity contribution is 5.92. The standard InChI is InChI=1S/C11H11NO4/c1-3-7-16-11(13)9-5-4-6-10(8(9)2)12(14)15/h3-6H,1,7H2,2H3. The van der Waals surface area contributed by atoms with Crippen LogP contribution >= 0.6 is 0 Å². The second-order valence-electron chi connectivity index (χ2n) is 3.09. The lowest BCUT2D eigenvalue weighted by Crippen LogP contribution is -2.08. The van der Waals surface area contributed by atoms with Crippen molar-refractivity contribution in [1.29, 1.82) is 0 Å². The fourth-order valence-electron chi connectivity index (χ4n) is 1.25. The van der Waals surface area contributed by atoms with Crippen LogP contribution in [0.2, 0.25) is 0 Å². The van der Waals surface area contributed by atoms with Gasteiger partial charge in [-0.25, -0.2) is 4.79 Å². The average Bonchev–Trinajstić information content (AvgIpc) is 2.25. The van der Waals surface area contributed by atoms with E-state index >= 15 is 0 Å². The van der Waals surface area contributed by atoms with Crippen molar-refractivity contribution >= 4 is 11.7 Å². The zero-order valence-electron chi connectivity index (χ0n) is 8.80. The van der Waals surface area contributed by atoms with Gasteiger partial charge in [0.25, 0.3) is 5.69 Å². The van der Waals surface area contributed by atoms with Crippen LogP contribution in [0.4, 0.5) is 5.69 Å². The van der Waals surface area contributed by atoms with Crippen LogP contribution in [0.15, 0.2) is 30.9 Å². The molecule has 16 heavy (non-hydrogen) atoms. The number of hydrogen-bond acceptors (Lipinski definition) is 4. The molecule has 0 atom stereocenters. The maximum atomic E-state index is 11.5. The molecule has 0 aromatic heterocycles. The SMILES string of the molecule is C=CCOC(=O)c1cccc([N+](=O)[O-])c1C. The lowest BCUT2D eigenvalue weighted by Gasteiger charge is -2.05. The largest absolute Gasteiger partial charge is 0.458 e. The molecule has 0 heterocycles. The maximum absolute atomic E-state index is 11.5. The van der Waals surface area contributed by atoms with Crippen molar-refractivity contribution in [2.45, 2.75) is 6.92 Å². The smallest absolute Gasteiger partial charge is 0.338 e. The van der Waals surface area contributed by atoms with Gasteiger partial charge < -0.3 is 4.74 Å². The molecule has 0 saturated carbocycles. The topological polar surface area (TPSA) is 69.4 Å². The molecule has 0 amide bonds. The number of carbonyl (C=O) groups is 1. The van der Waals surface area contributed by atoms with E-state index < -0.39 is 10.9 Å². The molecule has 0 aliphatic heterocycles. The van der Waals surface area contributed by atoms with Gasteiger partial charge in [-0.1, -0.05) is 18.7 Å². The molecule has 0 bridgehead atoms. The van der Waals surface area contributed by atoms with Crippen LogP contribution < -0.4 is 0 Å². The minimum Gasteiger partial charge on any atom is -0.458 e. The van der Waals surface area contributed by atoms with Gasteiger partial charge in [-0.05, 0) is 13.0 Å². The number of rotatable bonds is 4. The minimum atomic E-state index is -0.582. The lowest BCUT2D eigenvalue weighted by molar-refractivity contribution is -0.385. The number of esters is 1. The Bertz CT molecular complexity index is 440. The third kappa shape index (κ3) is 2.44. The molecular weight excluding hydrogens is 210 g/mol. The van der Waals surface area contributed by atoms with Gasteiger partial charge in [-0.3, -0.25) is 10.1 Å². The van der Waals surface area contributed by atoms with Crippen molar-refractivity contribution in [3.05, 3.63) is 52.1 Å². The Labute approximate surface area is 92.5 Å². The van der Waals surface area contributed by atoms with Gasteiger partial charge in [-0.15, -0.1) is 0 Å². The van der Waals surface area contributed by atoms with E-state index in [9.17, 15) is 14.9 Å². The van der Waals surface area contributed by atoms with Gasteiger partial charge in [0, 0.05) is 11.6 Å². The van der Waals surface area contributed by atoms with Crippen LogP contribution in [0.3, 0.4) is 0 Å². The van der Waals surface area contributed by atoms with E-state index in [1.165, 1.54) is 31.2 Å². The third-order valence-electron chi connectivity index (χ3n) is 2.05. The van der Waals surface area contributed by atoms with E-state index in [0.717, 1.165) is 0 Å². The van der Waals surface area contributed by atoms with E-state index in [0.29, 0.717) is 5.56 Å². The summed E-state index contributed by atoms with van der Waals surface area (Å²) in [6, 6.07) is 4.29. The quantitative estimate of drug-likeness (QED) is 0.338. The van der Waals surface area contributed by atoms with Crippen molar-refractivity contribution in [3.8, 4) is 0 Å². The minimum absolute atomic E-state index is 0.0843. The van der Waals surface area contributed by atoms with E-state index in [4.69, 9.17) is 4.74 Å². The number of hydrogen-bond donors (Lipinski definition) is 0. The summed E-state index contributed by atoms with van der Waals surface area (Å²) in [7, 11) is 0. The van der Waals surface area contributed by atoms with Gasteiger partial charge in [-0.2, -0.15) is 0 Å². The van der Waals surface area contributed by atoms with Crippen LogP contribution in [-0.4, -0.2) is 17.5 Å². The molecule has 1 aromatic carbocycles. The van der Waals surface area contributed by atoms with Crippen molar-refractivity contribution < 1.29 is 14.5 Å². The normalized spacial score (nSPS) is 9.56. The van der Waals surface area contributed by atoms with Gasteiger partial charge in [0.2, 0.25) is 0 Å². The number of ether oxygens (including phenoxy) is 1. The molecule has 84 valence electrons. The Morgan fingerprint density at radius 2 is 2.31 bits per heavy atom.